The third kappa shape index (κ3) is 4.50. The van der Waals surface area contributed by atoms with E-state index in [9.17, 15) is 13.2 Å². The fourth-order valence-corrected chi connectivity index (χ4v) is 4.49. The molecule has 0 unspecified atom stereocenters. The molecule has 1 N–H and O–H groups in total. The molecule has 0 bridgehead atoms. The smallest absolute Gasteiger partial charge is 0.249 e. The second-order valence-electron chi connectivity index (χ2n) is 5.84. The van der Waals surface area contributed by atoms with Gasteiger partial charge < -0.3 is 0 Å². The highest BCUT2D eigenvalue weighted by Gasteiger charge is 2.29. The van der Waals surface area contributed by atoms with Gasteiger partial charge in [0.15, 0.2) is 0 Å². The van der Waals surface area contributed by atoms with Gasteiger partial charge in [0.25, 0.3) is 0 Å². The quantitative estimate of drug-likeness (QED) is 0.684. The summed E-state index contributed by atoms with van der Waals surface area (Å²) in [6.07, 6.45) is 1.07. The van der Waals surface area contributed by atoms with E-state index in [1.54, 1.807) is 30.3 Å². The van der Waals surface area contributed by atoms with E-state index in [0.29, 0.717) is 15.8 Å². The van der Waals surface area contributed by atoms with Crippen LogP contribution in [-0.2, 0) is 14.8 Å². The molecular weight excluding hydrogens is 384 g/mol. The molecule has 1 atom stereocenters. The van der Waals surface area contributed by atoms with Gasteiger partial charge in [-0.15, -0.1) is 10.2 Å². The molecule has 3 aromatic rings. The molecule has 7 nitrogen and oxygen atoms in total. The number of para-hydroxylation sites is 1. The third-order valence-corrected chi connectivity index (χ3v) is 5.90. The van der Waals surface area contributed by atoms with Gasteiger partial charge in [-0.3, -0.25) is 14.4 Å². The van der Waals surface area contributed by atoms with Crippen LogP contribution in [0.3, 0.4) is 0 Å². The van der Waals surface area contributed by atoms with Crippen LogP contribution >= 0.6 is 11.3 Å². The highest BCUT2D eigenvalue weighted by atomic mass is 32.2. The molecule has 1 aromatic heterocycles. The number of anilines is 2. The molecule has 0 saturated carbocycles. The zero-order valence-electron chi connectivity index (χ0n) is 14.7. The molecule has 0 aliphatic carbocycles. The van der Waals surface area contributed by atoms with Crippen LogP contribution in [0.2, 0.25) is 0 Å². The minimum Gasteiger partial charge on any atom is -0.299 e. The first kappa shape index (κ1) is 19.0. The maximum absolute atomic E-state index is 12.6. The van der Waals surface area contributed by atoms with Gasteiger partial charge in [0.05, 0.1) is 11.9 Å². The number of hydrogen-bond donors (Lipinski definition) is 1. The lowest BCUT2D eigenvalue weighted by Gasteiger charge is -2.27. The van der Waals surface area contributed by atoms with E-state index in [1.165, 1.54) is 18.3 Å². The molecule has 140 valence electrons. The SMILES string of the molecule is C[C@H](C(=O)Nc1nnc(-c2ccccc2)s1)N(c1ccccc1)S(C)(=O)=O. The van der Waals surface area contributed by atoms with Crippen LogP contribution < -0.4 is 9.62 Å². The van der Waals surface area contributed by atoms with Gasteiger partial charge in [-0.25, -0.2) is 8.42 Å². The van der Waals surface area contributed by atoms with E-state index in [0.717, 1.165) is 16.1 Å². The lowest BCUT2D eigenvalue weighted by Crippen LogP contribution is -2.45. The van der Waals surface area contributed by atoms with Crippen molar-refractivity contribution in [3.63, 3.8) is 0 Å². The second kappa shape index (κ2) is 7.85. The molecule has 27 heavy (non-hydrogen) atoms. The summed E-state index contributed by atoms with van der Waals surface area (Å²) in [5.74, 6) is -0.486. The normalized spacial score (nSPS) is 12.4. The highest BCUT2D eigenvalue weighted by molar-refractivity contribution is 7.92. The van der Waals surface area contributed by atoms with Crippen LogP contribution in [0, 0.1) is 0 Å². The average molecular weight is 403 g/mol. The first-order valence-corrected chi connectivity index (χ1v) is 10.8. The van der Waals surface area contributed by atoms with Crippen molar-refractivity contribution in [3.8, 4) is 10.6 Å². The van der Waals surface area contributed by atoms with Crippen molar-refractivity contribution in [1.82, 2.24) is 10.2 Å². The van der Waals surface area contributed by atoms with Crippen LogP contribution in [0.1, 0.15) is 6.92 Å². The van der Waals surface area contributed by atoms with Gasteiger partial charge in [-0.05, 0) is 19.1 Å². The summed E-state index contributed by atoms with van der Waals surface area (Å²) in [7, 11) is -3.65. The lowest BCUT2D eigenvalue weighted by molar-refractivity contribution is -0.116. The fraction of sp³-hybridized carbons (Fsp3) is 0.167. The number of amides is 1. The number of hydrogen-bond acceptors (Lipinski definition) is 6. The molecule has 0 saturated heterocycles. The molecule has 1 heterocycles. The fourth-order valence-electron chi connectivity index (χ4n) is 2.56. The van der Waals surface area contributed by atoms with Crippen LogP contribution in [0.15, 0.2) is 60.7 Å². The van der Waals surface area contributed by atoms with Gasteiger partial charge in [-0.1, -0.05) is 59.9 Å². The van der Waals surface area contributed by atoms with Crippen LogP contribution in [0.25, 0.3) is 10.6 Å². The number of sulfonamides is 1. The molecule has 2 aromatic carbocycles. The first-order valence-electron chi connectivity index (χ1n) is 8.10. The zero-order valence-corrected chi connectivity index (χ0v) is 16.4. The minimum absolute atomic E-state index is 0.312. The van der Waals surface area contributed by atoms with Gasteiger partial charge in [0.2, 0.25) is 21.1 Å². The van der Waals surface area contributed by atoms with E-state index >= 15 is 0 Å². The Kier molecular flexibility index (Phi) is 5.52. The Morgan fingerprint density at radius 3 is 2.22 bits per heavy atom. The van der Waals surface area contributed by atoms with Crippen molar-refractivity contribution in [2.75, 3.05) is 15.9 Å². The number of nitrogens with zero attached hydrogens (tertiary/aromatic N) is 3. The summed E-state index contributed by atoms with van der Waals surface area (Å²) >= 11 is 1.22. The van der Waals surface area contributed by atoms with Crippen molar-refractivity contribution >= 4 is 38.1 Å². The van der Waals surface area contributed by atoms with Crippen LogP contribution in [0.5, 0.6) is 0 Å². The maximum Gasteiger partial charge on any atom is 0.249 e. The van der Waals surface area contributed by atoms with Crippen molar-refractivity contribution in [2.45, 2.75) is 13.0 Å². The Hall–Kier alpha value is -2.78. The van der Waals surface area contributed by atoms with Gasteiger partial charge in [-0.2, -0.15) is 0 Å². The number of rotatable bonds is 6. The Bertz CT molecular complexity index is 1020. The monoisotopic (exact) mass is 402 g/mol. The van der Waals surface area contributed by atoms with Gasteiger partial charge in [0, 0.05) is 5.56 Å². The number of nitrogens with one attached hydrogen (secondary N) is 1. The standard InChI is InChI=1S/C18H18N4O3S2/c1-13(22(27(2,24)25)15-11-7-4-8-12-15)16(23)19-18-21-20-17(26-18)14-9-5-3-6-10-14/h3-13H,1-2H3,(H,19,21,23)/t13-/m1/s1. The molecule has 0 aliphatic rings. The molecule has 0 spiro atoms. The largest absolute Gasteiger partial charge is 0.299 e. The number of benzene rings is 2. The summed E-state index contributed by atoms with van der Waals surface area (Å²) in [6.45, 7) is 1.53. The number of carbonyl (C=O) groups excluding carboxylic acids is 1. The molecule has 0 aliphatic heterocycles. The summed E-state index contributed by atoms with van der Waals surface area (Å²) in [5.41, 5.74) is 1.32. The van der Waals surface area contributed by atoms with Crippen molar-refractivity contribution in [3.05, 3.63) is 60.7 Å². The van der Waals surface area contributed by atoms with Gasteiger partial charge in [0.1, 0.15) is 11.0 Å². The van der Waals surface area contributed by atoms with E-state index in [2.05, 4.69) is 15.5 Å². The summed E-state index contributed by atoms with van der Waals surface area (Å²) in [4.78, 5) is 12.6. The Morgan fingerprint density at radius 2 is 1.63 bits per heavy atom. The van der Waals surface area contributed by atoms with Crippen molar-refractivity contribution in [2.24, 2.45) is 0 Å². The molecule has 0 fully saturated rings. The maximum atomic E-state index is 12.6. The molecule has 3 rings (SSSR count). The van der Waals surface area contributed by atoms with Gasteiger partial charge >= 0.3 is 0 Å². The van der Waals surface area contributed by atoms with E-state index in [-0.39, 0.29) is 0 Å². The lowest BCUT2D eigenvalue weighted by atomic mass is 10.2. The van der Waals surface area contributed by atoms with E-state index < -0.39 is 22.0 Å². The highest BCUT2D eigenvalue weighted by Crippen LogP contribution is 2.27. The predicted octanol–water partition coefficient (Wildman–Crippen LogP) is 3.00. The van der Waals surface area contributed by atoms with E-state index in [1.807, 2.05) is 30.3 Å². The Labute approximate surface area is 161 Å². The Balaban J connectivity index is 1.80. The van der Waals surface area contributed by atoms with Crippen LogP contribution in [0.4, 0.5) is 10.8 Å². The molecular formula is C18H18N4O3S2. The number of aromatic nitrogens is 2. The summed E-state index contributed by atoms with van der Waals surface area (Å²) < 4.78 is 25.6. The summed E-state index contributed by atoms with van der Waals surface area (Å²) in [5, 5.41) is 11.7. The molecule has 0 radical (unpaired) electrons. The van der Waals surface area contributed by atoms with E-state index in [4.69, 9.17) is 0 Å². The first-order chi connectivity index (χ1) is 12.9. The Morgan fingerprint density at radius 1 is 1.04 bits per heavy atom. The minimum atomic E-state index is -3.65. The van der Waals surface area contributed by atoms with Crippen LogP contribution in [-0.4, -0.2) is 36.8 Å². The zero-order chi connectivity index (χ0) is 19.4. The average Bonchev–Trinajstić information content (AvgIpc) is 3.11. The second-order valence-corrected chi connectivity index (χ2v) is 8.67. The number of carbonyl (C=O) groups is 1. The van der Waals surface area contributed by atoms with Crippen molar-refractivity contribution in [1.29, 1.82) is 0 Å². The topological polar surface area (TPSA) is 92.3 Å². The third-order valence-electron chi connectivity index (χ3n) is 3.78. The molecule has 1 amide bonds. The summed E-state index contributed by atoms with van der Waals surface area (Å²) in [6, 6.07) is 17.0. The van der Waals surface area contributed by atoms with Crippen molar-refractivity contribution < 1.29 is 13.2 Å². The molecule has 9 heteroatoms. The predicted molar refractivity (Wildman–Crippen MR) is 107 cm³/mol.